The largest absolute Gasteiger partial charge is 0.494 e. The third-order valence-electron chi connectivity index (χ3n) is 5.76. The van der Waals surface area contributed by atoms with E-state index < -0.39 is 56.7 Å². The average molecular weight is 513 g/mol. The van der Waals surface area contributed by atoms with Gasteiger partial charge in [0, 0.05) is 6.42 Å². The van der Waals surface area contributed by atoms with E-state index in [2.05, 4.69) is 0 Å². The predicted molar refractivity (Wildman–Crippen MR) is 120 cm³/mol. The zero-order valence-corrected chi connectivity index (χ0v) is 19.3. The van der Waals surface area contributed by atoms with Crippen molar-refractivity contribution >= 4 is 29.2 Å². The summed E-state index contributed by atoms with van der Waals surface area (Å²) < 4.78 is 67.2. The molecule has 1 atom stereocenters. The number of carbonyl (C=O) groups excluding carboxylic acids is 1. The van der Waals surface area contributed by atoms with Gasteiger partial charge in [0.25, 0.3) is 0 Å². The molecule has 3 nitrogen and oxygen atoms in total. The fraction of sp³-hybridized carbons (Fsp3) is 0.240. The predicted octanol–water partition coefficient (Wildman–Crippen LogP) is 6.87. The number of rotatable bonds is 7. The summed E-state index contributed by atoms with van der Waals surface area (Å²) in [7, 11) is 0. The van der Waals surface area contributed by atoms with Gasteiger partial charge in [-0.25, -0.2) is 17.6 Å². The van der Waals surface area contributed by atoms with Crippen LogP contribution in [-0.2, 0) is 21.6 Å². The monoisotopic (exact) mass is 512 g/mol. The minimum absolute atomic E-state index is 0.00226. The molecule has 0 spiro atoms. The van der Waals surface area contributed by atoms with E-state index in [1.807, 2.05) is 6.92 Å². The fourth-order valence-corrected chi connectivity index (χ4v) is 4.65. The molecule has 1 saturated carbocycles. The van der Waals surface area contributed by atoms with Gasteiger partial charge >= 0.3 is 5.97 Å². The number of carbonyl (C=O) groups is 1. The number of halogens is 6. The Morgan fingerprint density at radius 2 is 1.53 bits per heavy atom. The maximum absolute atomic E-state index is 15.1. The summed E-state index contributed by atoms with van der Waals surface area (Å²) in [5.41, 5.74) is -2.76. The second-order valence-electron chi connectivity index (χ2n) is 7.80. The first-order valence-corrected chi connectivity index (χ1v) is 11.1. The molecule has 0 saturated heterocycles. The molecule has 0 amide bonds. The van der Waals surface area contributed by atoms with Crippen LogP contribution < -0.4 is 4.74 Å². The van der Waals surface area contributed by atoms with Crippen LogP contribution in [0.25, 0.3) is 11.1 Å². The molecule has 0 heterocycles. The van der Waals surface area contributed by atoms with Crippen LogP contribution in [0.4, 0.5) is 17.6 Å². The summed E-state index contributed by atoms with van der Waals surface area (Å²) in [6.45, 7) is 1.27. The highest BCUT2D eigenvalue weighted by atomic mass is 35.5. The molecule has 9 heteroatoms. The van der Waals surface area contributed by atoms with Crippen LogP contribution in [-0.4, -0.2) is 16.9 Å². The van der Waals surface area contributed by atoms with E-state index in [0.29, 0.717) is 17.9 Å². The zero-order valence-electron chi connectivity index (χ0n) is 17.8. The molecular formula is C25H18Cl2F4O3. The van der Waals surface area contributed by atoms with Gasteiger partial charge in [-0.1, -0.05) is 65.7 Å². The van der Waals surface area contributed by atoms with Crippen LogP contribution in [0.15, 0.2) is 54.6 Å². The van der Waals surface area contributed by atoms with Crippen LogP contribution in [0.1, 0.15) is 24.5 Å². The molecule has 3 aromatic carbocycles. The van der Waals surface area contributed by atoms with Gasteiger partial charge in [0.15, 0.2) is 17.5 Å². The lowest BCUT2D eigenvalue weighted by Crippen LogP contribution is -2.29. The molecule has 0 N–H and O–H groups in total. The standard InChI is InChI=1S/C25H18Cl2F4O3/c1-2-33-16-10-8-15(9-11-16)24(13-25(24,26)27)23(32)34-12-17-19(28)18(14-6-4-3-5-7-14)21(30)22(31)20(17)29/h3-11H,2,12-13H2,1H3. The van der Waals surface area contributed by atoms with Gasteiger partial charge in [-0.05, 0) is 30.2 Å². The Morgan fingerprint density at radius 3 is 2.09 bits per heavy atom. The van der Waals surface area contributed by atoms with Crippen molar-refractivity contribution in [1.82, 2.24) is 0 Å². The minimum atomic E-state index is -1.87. The summed E-state index contributed by atoms with van der Waals surface area (Å²) in [4.78, 5) is 13.0. The second-order valence-corrected chi connectivity index (χ2v) is 9.28. The van der Waals surface area contributed by atoms with Crippen molar-refractivity contribution in [2.75, 3.05) is 6.61 Å². The van der Waals surface area contributed by atoms with Crippen LogP contribution in [0, 0.1) is 23.3 Å². The van der Waals surface area contributed by atoms with Gasteiger partial charge in [-0.15, -0.1) is 0 Å². The summed E-state index contributed by atoms with van der Waals surface area (Å²) in [5.74, 6) is -7.09. The summed E-state index contributed by atoms with van der Waals surface area (Å²) in [5, 5.41) is 0. The van der Waals surface area contributed by atoms with Crippen molar-refractivity contribution in [2.45, 2.75) is 29.7 Å². The lowest BCUT2D eigenvalue weighted by atomic mass is 9.95. The molecule has 0 aromatic heterocycles. The molecule has 0 aliphatic heterocycles. The summed E-state index contributed by atoms with van der Waals surface area (Å²) in [6, 6.07) is 13.7. The second kappa shape index (κ2) is 9.12. The zero-order chi connectivity index (χ0) is 24.7. The number of esters is 1. The summed E-state index contributed by atoms with van der Waals surface area (Å²) in [6.07, 6.45) is -0.00602. The normalized spacial score (nSPS) is 18.4. The van der Waals surface area contributed by atoms with Gasteiger partial charge in [0.05, 0.1) is 17.7 Å². The third-order valence-corrected chi connectivity index (χ3v) is 6.67. The van der Waals surface area contributed by atoms with E-state index >= 15 is 4.39 Å². The first-order valence-electron chi connectivity index (χ1n) is 10.3. The van der Waals surface area contributed by atoms with Crippen molar-refractivity contribution in [3.05, 3.63) is 89.0 Å². The lowest BCUT2D eigenvalue weighted by molar-refractivity contribution is -0.148. The number of benzene rings is 3. The van der Waals surface area contributed by atoms with Crippen molar-refractivity contribution in [1.29, 1.82) is 0 Å². The van der Waals surface area contributed by atoms with Gasteiger partial charge in [0.2, 0.25) is 0 Å². The number of hydrogen-bond donors (Lipinski definition) is 0. The van der Waals surface area contributed by atoms with Crippen molar-refractivity contribution in [3.8, 4) is 16.9 Å². The Hall–Kier alpha value is -2.77. The number of alkyl halides is 2. The molecule has 1 aliphatic rings. The molecule has 0 radical (unpaired) electrons. The van der Waals surface area contributed by atoms with E-state index in [1.54, 1.807) is 30.3 Å². The first-order chi connectivity index (χ1) is 16.1. The van der Waals surface area contributed by atoms with Crippen molar-refractivity contribution in [2.24, 2.45) is 0 Å². The van der Waals surface area contributed by atoms with Crippen molar-refractivity contribution in [3.63, 3.8) is 0 Å². The quantitative estimate of drug-likeness (QED) is 0.114. The smallest absolute Gasteiger partial charge is 0.320 e. The van der Waals surface area contributed by atoms with E-state index in [-0.39, 0.29) is 12.0 Å². The molecule has 178 valence electrons. The highest BCUT2D eigenvalue weighted by molar-refractivity contribution is 6.54. The van der Waals surface area contributed by atoms with Gasteiger partial charge in [0.1, 0.15) is 27.9 Å². The molecular weight excluding hydrogens is 495 g/mol. The van der Waals surface area contributed by atoms with E-state index in [4.69, 9.17) is 32.7 Å². The van der Waals surface area contributed by atoms with Gasteiger partial charge in [-0.2, -0.15) is 0 Å². The SMILES string of the molecule is CCOc1ccc(C2(C(=O)OCc3c(F)c(F)c(F)c(-c4ccccc4)c3F)CC2(Cl)Cl)cc1. The van der Waals surface area contributed by atoms with Crippen molar-refractivity contribution < 1.29 is 31.8 Å². The third kappa shape index (κ3) is 4.01. The highest BCUT2D eigenvalue weighted by Gasteiger charge is 2.73. The Balaban J connectivity index is 1.64. The van der Waals surface area contributed by atoms with Gasteiger partial charge < -0.3 is 9.47 Å². The van der Waals surface area contributed by atoms with E-state index in [9.17, 15) is 18.0 Å². The van der Waals surface area contributed by atoms with Crippen LogP contribution in [0.3, 0.4) is 0 Å². The topological polar surface area (TPSA) is 35.5 Å². The van der Waals surface area contributed by atoms with Crippen LogP contribution in [0.2, 0.25) is 0 Å². The van der Waals surface area contributed by atoms with Crippen LogP contribution >= 0.6 is 23.2 Å². The Morgan fingerprint density at radius 1 is 0.912 bits per heavy atom. The number of hydrogen-bond acceptors (Lipinski definition) is 3. The first kappa shape index (κ1) is 24.4. The minimum Gasteiger partial charge on any atom is -0.494 e. The fourth-order valence-electron chi connectivity index (χ4n) is 3.87. The number of ether oxygens (including phenoxy) is 2. The Kier molecular flexibility index (Phi) is 6.53. The van der Waals surface area contributed by atoms with E-state index in [1.165, 1.54) is 24.3 Å². The van der Waals surface area contributed by atoms with Gasteiger partial charge in [-0.3, -0.25) is 4.79 Å². The maximum atomic E-state index is 15.1. The Bertz CT molecular complexity index is 1230. The molecule has 34 heavy (non-hydrogen) atoms. The molecule has 3 aromatic rings. The lowest BCUT2D eigenvalue weighted by Gasteiger charge is -2.19. The maximum Gasteiger partial charge on any atom is 0.320 e. The van der Waals surface area contributed by atoms with E-state index in [0.717, 1.165) is 0 Å². The summed E-state index contributed by atoms with van der Waals surface area (Å²) >= 11 is 12.5. The average Bonchev–Trinajstić information content (AvgIpc) is 3.42. The molecule has 4 rings (SSSR count). The highest BCUT2D eigenvalue weighted by Crippen LogP contribution is 2.65. The Labute approximate surface area is 203 Å². The molecule has 1 unspecified atom stereocenters. The molecule has 1 aliphatic carbocycles. The molecule has 0 bridgehead atoms. The van der Waals surface area contributed by atoms with Crippen LogP contribution in [0.5, 0.6) is 5.75 Å². The molecule has 1 fully saturated rings.